The maximum absolute atomic E-state index is 4.68. The Morgan fingerprint density at radius 1 is 0.341 bits per heavy atom. The molecule has 0 unspecified atom stereocenters. The Labute approximate surface area is 254 Å². The lowest BCUT2D eigenvalue weighted by atomic mass is 9.86. The third-order valence-corrected chi connectivity index (χ3v) is 8.74. The fourth-order valence-electron chi connectivity index (χ4n) is 6.69. The second-order valence-electron chi connectivity index (χ2n) is 11.3. The fourth-order valence-corrected chi connectivity index (χ4v) is 6.69. The second-order valence-corrected chi connectivity index (χ2v) is 11.3. The van der Waals surface area contributed by atoms with E-state index in [1.807, 2.05) is 48.9 Å². The molecule has 44 heavy (non-hydrogen) atoms. The first kappa shape index (κ1) is 24.6. The molecule has 0 aliphatic rings. The van der Waals surface area contributed by atoms with Crippen LogP contribution in [-0.4, -0.2) is 15.0 Å². The molecular formula is C41H25N3. The van der Waals surface area contributed by atoms with Gasteiger partial charge in [0.15, 0.2) is 0 Å². The summed E-state index contributed by atoms with van der Waals surface area (Å²) in [4.78, 5) is 13.9. The minimum Gasteiger partial charge on any atom is -0.256 e. The predicted octanol–water partition coefficient (Wildman–Crippen LogP) is 10.6. The molecular weight excluding hydrogens is 534 g/mol. The molecule has 0 spiro atoms. The number of hydrogen-bond acceptors (Lipinski definition) is 3. The molecule has 0 fully saturated rings. The number of hydrogen-bond donors (Lipinski definition) is 0. The van der Waals surface area contributed by atoms with E-state index in [4.69, 9.17) is 0 Å². The molecule has 0 atom stereocenters. The van der Waals surface area contributed by atoms with Crippen LogP contribution < -0.4 is 0 Å². The van der Waals surface area contributed by atoms with Gasteiger partial charge in [0.1, 0.15) is 0 Å². The molecule has 0 aliphatic carbocycles. The first-order chi connectivity index (χ1) is 21.8. The summed E-state index contributed by atoms with van der Waals surface area (Å²) < 4.78 is 0. The standard InChI is InChI=1S/C41H25N3/c1-3-19-42-37(7-1)31-23-30(24-32(25-31)38-8-2-4-20-43-38)34-15-12-27-10-9-26-11-14-33(35-16-17-36(34)41(27)40(26)35)28-13-18-39-29(22-28)6-5-21-44-39/h1-25H. The zero-order chi connectivity index (χ0) is 29.0. The SMILES string of the molecule is c1ccc(-c2cc(-c3ccccn3)cc(-c3ccc4ccc5ccc(-c6ccc7ncccc7c6)c6ccc3c4c56)c2)nc1. The third kappa shape index (κ3) is 3.94. The van der Waals surface area contributed by atoms with E-state index in [1.54, 1.807) is 0 Å². The van der Waals surface area contributed by atoms with Gasteiger partial charge in [-0.1, -0.05) is 72.8 Å². The quantitative estimate of drug-likeness (QED) is 0.201. The van der Waals surface area contributed by atoms with Crippen LogP contribution in [0.5, 0.6) is 0 Å². The van der Waals surface area contributed by atoms with Crippen LogP contribution >= 0.6 is 0 Å². The Bertz CT molecular complexity index is 2430. The van der Waals surface area contributed by atoms with Crippen molar-refractivity contribution >= 4 is 43.2 Å². The summed E-state index contributed by atoms with van der Waals surface area (Å²) in [5.41, 5.74) is 9.82. The van der Waals surface area contributed by atoms with E-state index in [-0.39, 0.29) is 0 Å². The van der Waals surface area contributed by atoms with Crippen molar-refractivity contribution in [2.75, 3.05) is 0 Å². The lowest BCUT2D eigenvalue weighted by Crippen LogP contribution is -1.92. The summed E-state index contributed by atoms with van der Waals surface area (Å²) in [5.74, 6) is 0. The van der Waals surface area contributed by atoms with Crippen LogP contribution in [0.25, 0.3) is 88.0 Å². The minimum atomic E-state index is 0.944. The first-order valence-electron chi connectivity index (χ1n) is 14.8. The molecule has 0 saturated heterocycles. The molecule has 0 N–H and O–H groups in total. The smallest absolute Gasteiger partial charge is 0.0702 e. The van der Waals surface area contributed by atoms with Gasteiger partial charge in [0, 0.05) is 35.1 Å². The van der Waals surface area contributed by atoms with Gasteiger partial charge in [-0.3, -0.25) is 15.0 Å². The molecule has 3 heterocycles. The zero-order valence-electron chi connectivity index (χ0n) is 23.8. The number of aromatic nitrogens is 3. The highest BCUT2D eigenvalue weighted by atomic mass is 14.7. The Hall–Kier alpha value is -5.93. The molecule has 3 aromatic heterocycles. The molecule has 9 rings (SSSR count). The van der Waals surface area contributed by atoms with Crippen LogP contribution in [0.15, 0.2) is 152 Å². The number of pyridine rings is 3. The summed E-state index contributed by atoms with van der Waals surface area (Å²) in [6.45, 7) is 0. The van der Waals surface area contributed by atoms with Crippen molar-refractivity contribution in [1.82, 2.24) is 15.0 Å². The molecule has 3 heteroatoms. The van der Waals surface area contributed by atoms with Crippen molar-refractivity contribution < 1.29 is 0 Å². The van der Waals surface area contributed by atoms with Crippen LogP contribution in [0, 0.1) is 0 Å². The summed E-state index contributed by atoms with van der Waals surface area (Å²) in [5, 5.41) is 8.74. The molecule has 0 saturated carbocycles. The maximum Gasteiger partial charge on any atom is 0.0702 e. The van der Waals surface area contributed by atoms with Crippen LogP contribution in [0.3, 0.4) is 0 Å². The number of rotatable bonds is 4. The third-order valence-electron chi connectivity index (χ3n) is 8.74. The van der Waals surface area contributed by atoms with Gasteiger partial charge in [-0.2, -0.15) is 0 Å². The van der Waals surface area contributed by atoms with E-state index in [0.29, 0.717) is 0 Å². The Morgan fingerprint density at radius 2 is 0.909 bits per heavy atom. The van der Waals surface area contributed by atoms with E-state index < -0.39 is 0 Å². The van der Waals surface area contributed by atoms with E-state index in [0.717, 1.165) is 39.0 Å². The highest BCUT2D eigenvalue weighted by Gasteiger charge is 2.16. The molecule has 0 radical (unpaired) electrons. The van der Waals surface area contributed by atoms with Crippen molar-refractivity contribution in [2.45, 2.75) is 0 Å². The van der Waals surface area contributed by atoms with Gasteiger partial charge in [-0.15, -0.1) is 0 Å². The Morgan fingerprint density at radius 3 is 1.52 bits per heavy atom. The van der Waals surface area contributed by atoms with E-state index >= 15 is 0 Å². The van der Waals surface area contributed by atoms with Gasteiger partial charge in [-0.05, 0) is 115 Å². The maximum atomic E-state index is 4.68. The van der Waals surface area contributed by atoms with Crippen LogP contribution in [0.2, 0.25) is 0 Å². The molecule has 204 valence electrons. The molecule has 9 aromatic rings. The summed E-state index contributed by atoms with van der Waals surface area (Å²) >= 11 is 0. The summed E-state index contributed by atoms with van der Waals surface area (Å²) in [7, 11) is 0. The average Bonchev–Trinajstić information content (AvgIpc) is 3.11. The summed E-state index contributed by atoms with van der Waals surface area (Å²) in [6, 6.07) is 47.7. The zero-order valence-corrected chi connectivity index (χ0v) is 23.8. The van der Waals surface area contributed by atoms with Crippen molar-refractivity contribution in [3.05, 3.63) is 152 Å². The topological polar surface area (TPSA) is 38.7 Å². The first-order valence-corrected chi connectivity index (χ1v) is 14.8. The minimum absolute atomic E-state index is 0.944. The van der Waals surface area contributed by atoms with Gasteiger partial charge in [0.05, 0.1) is 16.9 Å². The van der Waals surface area contributed by atoms with Gasteiger partial charge in [-0.25, -0.2) is 0 Å². The van der Waals surface area contributed by atoms with E-state index in [9.17, 15) is 0 Å². The lowest BCUT2D eigenvalue weighted by Gasteiger charge is -2.17. The molecule has 0 amide bonds. The predicted molar refractivity (Wildman–Crippen MR) is 183 cm³/mol. The molecule has 3 nitrogen and oxygen atoms in total. The van der Waals surface area contributed by atoms with Crippen molar-refractivity contribution in [1.29, 1.82) is 0 Å². The fraction of sp³-hybridized carbons (Fsp3) is 0. The van der Waals surface area contributed by atoms with Gasteiger partial charge >= 0.3 is 0 Å². The van der Waals surface area contributed by atoms with Crippen molar-refractivity contribution in [2.24, 2.45) is 0 Å². The lowest BCUT2D eigenvalue weighted by molar-refractivity contribution is 1.31. The van der Waals surface area contributed by atoms with Gasteiger partial charge < -0.3 is 0 Å². The molecule has 0 bridgehead atoms. The monoisotopic (exact) mass is 559 g/mol. The van der Waals surface area contributed by atoms with Crippen LogP contribution in [-0.2, 0) is 0 Å². The number of fused-ring (bicyclic) bond motifs is 1. The van der Waals surface area contributed by atoms with Crippen LogP contribution in [0.4, 0.5) is 0 Å². The Balaban J connectivity index is 1.30. The Kier molecular flexibility index (Phi) is 5.50. The highest BCUT2D eigenvalue weighted by Crippen LogP contribution is 2.43. The van der Waals surface area contributed by atoms with Gasteiger partial charge in [0.25, 0.3) is 0 Å². The molecule has 6 aromatic carbocycles. The van der Waals surface area contributed by atoms with E-state index in [1.165, 1.54) is 49.0 Å². The van der Waals surface area contributed by atoms with Crippen LogP contribution in [0.1, 0.15) is 0 Å². The number of nitrogens with zero attached hydrogens (tertiary/aromatic N) is 3. The average molecular weight is 560 g/mol. The van der Waals surface area contributed by atoms with E-state index in [2.05, 4.69) is 118 Å². The van der Waals surface area contributed by atoms with Crippen molar-refractivity contribution in [3.63, 3.8) is 0 Å². The number of benzene rings is 6. The molecule has 0 aliphatic heterocycles. The summed E-state index contributed by atoms with van der Waals surface area (Å²) in [6.07, 6.45) is 5.55. The van der Waals surface area contributed by atoms with Crippen molar-refractivity contribution in [3.8, 4) is 44.8 Å². The largest absolute Gasteiger partial charge is 0.256 e. The normalized spacial score (nSPS) is 11.6. The van der Waals surface area contributed by atoms with Gasteiger partial charge in [0.2, 0.25) is 0 Å². The second kappa shape index (κ2) is 9.82. The highest BCUT2D eigenvalue weighted by molar-refractivity contribution is 6.27.